The molecule has 6 heteroatoms. The number of carbonyl (C=O) groups is 1. The van der Waals surface area contributed by atoms with E-state index in [0.717, 1.165) is 25.9 Å². The summed E-state index contributed by atoms with van der Waals surface area (Å²) >= 11 is 0. The fourth-order valence-electron chi connectivity index (χ4n) is 5.46. The zero-order valence-electron chi connectivity index (χ0n) is 17.7. The minimum Gasteiger partial charge on any atom is -0.453 e. The number of aryl methyl sites for hydroxylation is 2. The molecule has 1 saturated heterocycles. The van der Waals surface area contributed by atoms with Crippen molar-refractivity contribution in [1.29, 1.82) is 0 Å². The number of benzene rings is 1. The smallest absolute Gasteiger partial charge is 0.409 e. The van der Waals surface area contributed by atoms with Gasteiger partial charge in [0.15, 0.2) is 0 Å². The summed E-state index contributed by atoms with van der Waals surface area (Å²) in [5.41, 5.74) is 4.31. The molecular weight excluding hydrogens is 372 g/mol. The lowest BCUT2D eigenvalue weighted by atomic mass is 9.57. The second kappa shape index (κ2) is 6.84. The van der Waals surface area contributed by atoms with Gasteiger partial charge in [0, 0.05) is 25.7 Å². The summed E-state index contributed by atoms with van der Waals surface area (Å²) < 4.78 is 19.9. The van der Waals surface area contributed by atoms with Crippen LogP contribution < -0.4 is 0 Å². The van der Waals surface area contributed by atoms with Crippen LogP contribution in [0.15, 0.2) is 18.2 Å². The Bertz CT molecular complexity index is 784. The van der Waals surface area contributed by atoms with Crippen molar-refractivity contribution < 1.29 is 13.7 Å². The largest absolute Gasteiger partial charge is 0.453 e. The van der Waals surface area contributed by atoms with E-state index in [-0.39, 0.29) is 16.9 Å². The van der Waals surface area contributed by atoms with Crippen LogP contribution in [-0.4, -0.2) is 57.5 Å². The third-order valence-electron chi connectivity index (χ3n) is 7.23. The molecule has 1 aromatic carbocycles. The first-order valence-corrected chi connectivity index (χ1v) is 11.4. The van der Waals surface area contributed by atoms with Gasteiger partial charge in [0.25, 0.3) is 0 Å². The van der Waals surface area contributed by atoms with Gasteiger partial charge < -0.3 is 9.64 Å². The van der Waals surface area contributed by atoms with Crippen molar-refractivity contribution in [2.75, 3.05) is 27.2 Å². The molecule has 1 aliphatic heterocycles. The fourth-order valence-corrected chi connectivity index (χ4v) is 7.69. The molecule has 1 amide bonds. The van der Waals surface area contributed by atoms with Crippen molar-refractivity contribution in [1.82, 2.24) is 9.21 Å². The molecule has 1 aromatic rings. The van der Waals surface area contributed by atoms with Crippen LogP contribution in [0.25, 0.3) is 0 Å². The van der Waals surface area contributed by atoms with Crippen molar-refractivity contribution in [3.63, 3.8) is 0 Å². The predicted molar refractivity (Wildman–Crippen MR) is 112 cm³/mol. The first kappa shape index (κ1) is 19.9. The highest BCUT2D eigenvalue weighted by Gasteiger charge is 2.57. The molecule has 0 aromatic heterocycles. The number of methoxy groups -OCH3 is 1. The molecule has 5 nitrogen and oxygen atoms in total. The SMILES string of the molecule is COC(=O)N(C)C1(C)CC(S(=O)N2CC3(CC(c4cc(C)cc(C)c4)C3)C2)C1. The van der Waals surface area contributed by atoms with Crippen LogP contribution >= 0.6 is 0 Å². The summed E-state index contributed by atoms with van der Waals surface area (Å²) in [5.74, 6) is 0.662. The second-order valence-corrected chi connectivity index (χ2v) is 11.4. The highest BCUT2D eigenvalue weighted by Crippen LogP contribution is 2.57. The lowest BCUT2D eigenvalue weighted by Gasteiger charge is -2.60. The number of hydrogen-bond donors (Lipinski definition) is 0. The Morgan fingerprint density at radius 1 is 1.14 bits per heavy atom. The van der Waals surface area contributed by atoms with Crippen LogP contribution in [0.1, 0.15) is 55.2 Å². The van der Waals surface area contributed by atoms with E-state index in [1.54, 1.807) is 11.9 Å². The van der Waals surface area contributed by atoms with Crippen LogP contribution in [0.5, 0.6) is 0 Å². The van der Waals surface area contributed by atoms with Crippen LogP contribution in [-0.2, 0) is 15.7 Å². The molecule has 3 aliphatic rings. The van der Waals surface area contributed by atoms with Gasteiger partial charge in [0.1, 0.15) is 0 Å². The first-order chi connectivity index (χ1) is 13.1. The van der Waals surface area contributed by atoms with Gasteiger partial charge in [-0.1, -0.05) is 29.3 Å². The minimum atomic E-state index is -0.937. The number of ether oxygens (including phenoxy) is 1. The van der Waals surface area contributed by atoms with Crippen molar-refractivity contribution >= 4 is 17.1 Å². The van der Waals surface area contributed by atoms with E-state index in [2.05, 4.69) is 43.3 Å². The third kappa shape index (κ3) is 3.28. The van der Waals surface area contributed by atoms with Crippen LogP contribution in [0, 0.1) is 19.3 Å². The van der Waals surface area contributed by atoms with Crippen molar-refractivity contribution in [2.24, 2.45) is 5.41 Å². The number of rotatable bonds is 4. The molecular formula is C22H32N2O3S. The molecule has 0 N–H and O–H groups in total. The Labute approximate surface area is 171 Å². The molecule has 1 heterocycles. The van der Waals surface area contributed by atoms with E-state index in [0.29, 0.717) is 11.3 Å². The standard InChI is InChI=1S/C22H32N2O3S/c1-15-6-16(2)8-17(7-15)18-9-22(10-18)13-24(14-22)28(26)19-11-21(3,12-19)23(4)20(25)27-5/h6-8,18-19H,9-14H2,1-5H3. The van der Waals surface area contributed by atoms with Crippen LogP contribution in [0.2, 0.25) is 0 Å². The maximum absolute atomic E-state index is 12.9. The Morgan fingerprint density at radius 3 is 2.25 bits per heavy atom. The molecule has 1 unspecified atom stereocenters. The molecule has 2 aliphatic carbocycles. The quantitative estimate of drug-likeness (QED) is 0.768. The van der Waals surface area contributed by atoms with E-state index in [1.165, 1.54) is 36.6 Å². The van der Waals surface area contributed by atoms with Gasteiger partial charge in [-0.3, -0.25) is 0 Å². The van der Waals surface area contributed by atoms with Gasteiger partial charge in [-0.25, -0.2) is 13.3 Å². The number of carbonyl (C=O) groups excluding carboxylic acids is 1. The number of amides is 1. The molecule has 0 bridgehead atoms. The van der Waals surface area contributed by atoms with Gasteiger partial charge in [-0.05, 0) is 63.4 Å². The monoisotopic (exact) mass is 404 g/mol. The lowest BCUT2D eigenvalue weighted by Crippen LogP contribution is -2.66. The van der Waals surface area contributed by atoms with E-state index < -0.39 is 11.0 Å². The minimum absolute atomic E-state index is 0.157. The average Bonchev–Trinajstić information content (AvgIpc) is 2.54. The van der Waals surface area contributed by atoms with Crippen LogP contribution in [0.4, 0.5) is 4.79 Å². The topological polar surface area (TPSA) is 49.9 Å². The summed E-state index contributed by atoms with van der Waals surface area (Å²) in [6.45, 7) is 8.31. The first-order valence-electron chi connectivity index (χ1n) is 10.2. The number of nitrogens with zero attached hydrogens (tertiary/aromatic N) is 2. The third-order valence-corrected chi connectivity index (χ3v) is 8.90. The van der Waals surface area contributed by atoms with E-state index in [4.69, 9.17) is 4.74 Å². The Kier molecular flexibility index (Phi) is 4.86. The van der Waals surface area contributed by atoms with Gasteiger partial charge in [-0.15, -0.1) is 0 Å². The normalized spacial score (nSPS) is 30.1. The van der Waals surface area contributed by atoms with Gasteiger partial charge in [0.2, 0.25) is 0 Å². The summed E-state index contributed by atoms with van der Waals surface area (Å²) in [4.78, 5) is 13.4. The van der Waals surface area contributed by atoms with Gasteiger partial charge in [-0.2, -0.15) is 0 Å². The molecule has 1 atom stereocenters. The van der Waals surface area contributed by atoms with E-state index in [1.807, 2.05) is 0 Å². The highest BCUT2D eigenvalue weighted by molar-refractivity contribution is 7.83. The highest BCUT2D eigenvalue weighted by atomic mass is 32.2. The van der Waals surface area contributed by atoms with Crippen molar-refractivity contribution in [3.05, 3.63) is 34.9 Å². The zero-order valence-corrected chi connectivity index (χ0v) is 18.5. The van der Waals surface area contributed by atoms with E-state index in [9.17, 15) is 9.00 Å². The molecule has 28 heavy (non-hydrogen) atoms. The molecule has 3 fully saturated rings. The summed E-state index contributed by atoms with van der Waals surface area (Å²) in [7, 11) is 2.23. The van der Waals surface area contributed by atoms with E-state index >= 15 is 0 Å². The summed E-state index contributed by atoms with van der Waals surface area (Å²) in [6.07, 6.45) is 3.68. The molecule has 1 spiro atoms. The maximum Gasteiger partial charge on any atom is 0.409 e. The summed E-state index contributed by atoms with van der Waals surface area (Å²) in [6, 6.07) is 6.88. The van der Waals surface area contributed by atoms with Crippen molar-refractivity contribution in [2.45, 2.75) is 63.2 Å². The fraction of sp³-hybridized carbons (Fsp3) is 0.682. The van der Waals surface area contributed by atoms with Crippen molar-refractivity contribution in [3.8, 4) is 0 Å². The Hall–Kier alpha value is -1.40. The van der Waals surface area contributed by atoms with Crippen LogP contribution in [0.3, 0.4) is 0 Å². The molecule has 4 rings (SSSR count). The van der Waals surface area contributed by atoms with Gasteiger partial charge >= 0.3 is 6.09 Å². The lowest BCUT2D eigenvalue weighted by molar-refractivity contribution is -0.0251. The second-order valence-electron chi connectivity index (χ2n) is 9.66. The zero-order chi connectivity index (χ0) is 20.3. The molecule has 2 saturated carbocycles. The predicted octanol–water partition coefficient (Wildman–Crippen LogP) is 3.77. The average molecular weight is 405 g/mol. The summed E-state index contributed by atoms with van der Waals surface area (Å²) in [5, 5.41) is 0.157. The Morgan fingerprint density at radius 2 is 1.71 bits per heavy atom. The Balaban J connectivity index is 1.26. The molecule has 0 radical (unpaired) electrons. The maximum atomic E-state index is 12.9. The molecule has 154 valence electrons. The van der Waals surface area contributed by atoms with Gasteiger partial charge in [0.05, 0.1) is 23.3 Å². The number of hydrogen-bond acceptors (Lipinski definition) is 3.